The Balaban J connectivity index is 1.38. The normalized spacial score (nSPS) is 20.8. The lowest BCUT2D eigenvalue weighted by Gasteiger charge is -2.27. The SMILES string of the molecule is Cc1cc(NC(=O)C2(c3ccc4c(c3)OCO4)CC2)cc2c1NC(C(C)(C)C)C2. The molecule has 1 aliphatic carbocycles. The van der Waals surface area contributed by atoms with Gasteiger partial charge < -0.3 is 20.1 Å². The van der Waals surface area contributed by atoms with E-state index in [0.717, 1.165) is 42.0 Å². The van der Waals surface area contributed by atoms with E-state index in [0.29, 0.717) is 6.04 Å². The summed E-state index contributed by atoms with van der Waals surface area (Å²) >= 11 is 0. The Kier molecular flexibility index (Phi) is 3.89. The van der Waals surface area contributed by atoms with Crippen LogP contribution in [0, 0.1) is 12.3 Å². The number of rotatable bonds is 3. The fourth-order valence-electron chi connectivity index (χ4n) is 4.48. The van der Waals surface area contributed by atoms with Gasteiger partial charge in [-0.15, -0.1) is 0 Å². The summed E-state index contributed by atoms with van der Waals surface area (Å²) in [6, 6.07) is 10.5. The number of carbonyl (C=O) groups excluding carboxylic acids is 1. The van der Waals surface area contributed by atoms with Gasteiger partial charge in [0.1, 0.15) is 0 Å². The van der Waals surface area contributed by atoms with E-state index in [1.54, 1.807) is 0 Å². The summed E-state index contributed by atoms with van der Waals surface area (Å²) in [6.07, 6.45) is 2.70. The topological polar surface area (TPSA) is 59.6 Å². The summed E-state index contributed by atoms with van der Waals surface area (Å²) in [7, 11) is 0. The second kappa shape index (κ2) is 6.15. The Morgan fingerprint density at radius 1 is 1.14 bits per heavy atom. The molecular weight excluding hydrogens is 364 g/mol. The van der Waals surface area contributed by atoms with Gasteiger partial charge in [0.05, 0.1) is 5.41 Å². The molecule has 5 rings (SSSR count). The fraction of sp³-hybridized carbons (Fsp3) is 0.458. The summed E-state index contributed by atoms with van der Waals surface area (Å²) < 4.78 is 10.9. The Morgan fingerprint density at radius 2 is 1.90 bits per heavy atom. The van der Waals surface area contributed by atoms with Crippen molar-refractivity contribution < 1.29 is 14.3 Å². The minimum absolute atomic E-state index is 0.0639. The standard InChI is InChI=1S/C24H28N2O3/c1-14-9-17(10-15-11-20(23(2,3)4)26-21(14)15)25-22(27)24(7-8-24)16-5-6-18-19(12-16)29-13-28-18/h5-6,9-10,12,20,26H,7-8,11,13H2,1-4H3,(H,25,27). The Hall–Kier alpha value is -2.69. The zero-order valence-corrected chi connectivity index (χ0v) is 17.5. The molecule has 0 saturated heterocycles. The van der Waals surface area contributed by atoms with Crippen molar-refractivity contribution in [1.29, 1.82) is 0 Å². The van der Waals surface area contributed by atoms with Gasteiger partial charge in [-0.25, -0.2) is 0 Å². The van der Waals surface area contributed by atoms with Crippen LogP contribution in [0.3, 0.4) is 0 Å². The predicted octanol–water partition coefficient (Wildman–Crippen LogP) is 4.78. The van der Waals surface area contributed by atoms with E-state index >= 15 is 0 Å². The molecule has 2 aromatic carbocycles. The maximum atomic E-state index is 13.2. The van der Waals surface area contributed by atoms with Gasteiger partial charge in [0, 0.05) is 17.4 Å². The molecule has 2 heterocycles. The first-order chi connectivity index (χ1) is 13.8. The third-order valence-corrected chi connectivity index (χ3v) is 6.57. The minimum Gasteiger partial charge on any atom is -0.454 e. The zero-order chi connectivity index (χ0) is 20.4. The lowest BCUT2D eigenvalue weighted by atomic mass is 9.85. The number of amides is 1. The van der Waals surface area contributed by atoms with Gasteiger partial charge in [-0.3, -0.25) is 4.79 Å². The Morgan fingerprint density at radius 3 is 2.62 bits per heavy atom. The average Bonchev–Trinajstić information content (AvgIpc) is 3.12. The largest absolute Gasteiger partial charge is 0.454 e. The monoisotopic (exact) mass is 392 g/mol. The molecule has 29 heavy (non-hydrogen) atoms. The average molecular weight is 392 g/mol. The van der Waals surface area contributed by atoms with E-state index in [4.69, 9.17) is 9.47 Å². The number of fused-ring (bicyclic) bond motifs is 2. The lowest BCUT2D eigenvalue weighted by Crippen LogP contribution is -2.31. The number of aryl methyl sites for hydroxylation is 1. The predicted molar refractivity (Wildman–Crippen MR) is 114 cm³/mol. The molecule has 0 aromatic heterocycles. The number of nitrogens with one attached hydrogen (secondary N) is 2. The Labute approximate surface area is 171 Å². The molecule has 5 nitrogen and oxygen atoms in total. The van der Waals surface area contributed by atoms with Crippen molar-refractivity contribution in [2.24, 2.45) is 5.41 Å². The van der Waals surface area contributed by atoms with Crippen molar-refractivity contribution in [3.8, 4) is 11.5 Å². The zero-order valence-electron chi connectivity index (χ0n) is 17.5. The van der Waals surface area contributed by atoms with E-state index in [9.17, 15) is 4.79 Å². The van der Waals surface area contributed by atoms with Crippen LogP contribution in [0.4, 0.5) is 11.4 Å². The number of carbonyl (C=O) groups is 1. The molecular formula is C24H28N2O3. The highest BCUT2D eigenvalue weighted by Gasteiger charge is 2.51. The molecule has 3 aliphatic rings. The van der Waals surface area contributed by atoms with E-state index in [2.05, 4.69) is 50.5 Å². The number of benzene rings is 2. The first-order valence-corrected chi connectivity index (χ1v) is 10.4. The van der Waals surface area contributed by atoms with Crippen molar-refractivity contribution in [1.82, 2.24) is 0 Å². The molecule has 1 amide bonds. The molecule has 1 fully saturated rings. The molecule has 0 bridgehead atoms. The summed E-state index contributed by atoms with van der Waals surface area (Å²) in [5.74, 6) is 1.54. The van der Waals surface area contributed by atoms with Crippen LogP contribution in [0.1, 0.15) is 50.3 Å². The number of ether oxygens (including phenoxy) is 2. The van der Waals surface area contributed by atoms with Gasteiger partial charge in [-0.05, 0) is 72.6 Å². The first kappa shape index (κ1) is 18.3. The van der Waals surface area contributed by atoms with Crippen LogP contribution in [-0.2, 0) is 16.6 Å². The minimum atomic E-state index is -0.458. The van der Waals surface area contributed by atoms with Gasteiger partial charge in [0.25, 0.3) is 0 Å². The second-order valence-electron chi connectivity index (χ2n) is 9.70. The number of hydrogen-bond donors (Lipinski definition) is 2. The van der Waals surface area contributed by atoms with Gasteiger partial charge in [0.15, 0.2) is 11.5 Å². The van der Waals surface area contributed by atoms with Gasteiger partial charge >= 0.3 is 0 Å². The van der Waals surface area contributed by atoms with Crippen LogP contribution in [0.5, 0.6) is 11.5 Å². The highest BCUT2D eigenvalue weighted by atomic mass is 16.7. The molecule has 1 unspecified atom stereocenters. The van der Waals surface area contributed by atoms with Crippen LogP contribution in [0.15, 0.2) is 30.3 Å². The van der Waals surface area contributed by atoms with Gasteiger partial charge in [-0.1, -0.05) is 26.8 Å². The van der Waals surface area contributed by atoms with E-state index < -0.39 is 5.41 Å². The highest BCUT2D eigenvalue weighted by Crippen LogP contribution is 2.51. The molecule has 2 N–H and O–H groups in total. The molecule has 0 spiro atoms. The maximum Gasteiger partial charge on any atom is 0.235 e. The highest BCUT2D eigenvalue weighted by molar-refractivity contribution is 6.02. The fourth-order valence-corrected chi connectivity index (χ4v) is 4.48. The van der Waals surface area contributed by atoms with Crippen LogP contribution in [0.2, 0.25) is 0 Å². The first-order valence-electron chi connectivity index (χ1n) is 10.4. The van der Waals surface area contributed by atoms with E-state index in [1.165, 1.54) is 16.8 Å². The molecule has 5 heteroatoms. The molecule has 1 saturated carbocycles. The summed E-state index contributed by atoms with van der Waals surface area (Å²) in [5.41, 5.74) is 5.30. The van der Waals surface area contributed by atoms with Crippen molar-refractivity contribution >= 4 is 17.3 Å². The summed E-state index contributed by atoms with van der Waals surface area (Å²) in [5, 5.41) is 6.87. The van der Waals surface area contributed by atoms with Crippen LogP contribution >= 0.6 is 0 Å². The smallest absolute Gasteiger partial charge is 0.235 e. The molecule has 2 aromatic rings. The molecule has 152 valence electrons. The molecule has 1 atom stereocenters. The molecule has 0 radical (unpaired) electrons. The van der Waals surface area contributed by atoms with Crippen molar-refractivity contribution in [2.75, 3.05) is 17.4 Å². The van der Waals surface area contributed by atoms with Gasteiger partial charge in [-0.2, -0.15) is 0 Å². The van der Waals surface area contributed by atoms with Crippen LogP contribution in [0.25, 0.3) is 0 Å². The summed E-state index contributed by atoms with van der Waals surface area (Å²) in [6.45, 7) is 9.14. The number of anilines is 2. The maximum absolute atomic E-state index is 13.2. The van der Waals surface area contributed by atoms with Crippen molar-refractivity contribution in [3.63, 3.8) is 0 Å². The third-order valence-electron chi connectivity index (χ3n) is 6.57. The van der Waals surface area contributed by atoms with Crippen molar-refractivity contribution in [3.05, 3.63) is 47.0 Å². The number of hydrogen-bond acceptors (Lipinski definition) is 4. The third kappa shape index (κ3) is 3.04. The quantitative estimate of drug-likeness (QED) is 0.789. The lowest BCUT2D eigenvalue weighted by molar-refractivity contribution is -0.118. The Bertz CT molecular complexity index is 1000. The molecule has 2 aliphatic heterocycles. The second-order valence-corrected chi connectivity index (χ2v) is 9.70. The van der Waals surface area contributed by atoms with E-state index in [1.807, 2.05) is 18.2 Å². The van der Waals surface area contributed by atoms with E-state index in [-0.39, 0.29) is 18.1 Å². The van der Waals surface area contributed by atoms with Crippen LogP contribution < -0.4 is 20.1 Å². The van der Waals surface area contributed by atoms with Crippen molar-refractivity contribution in [2.45, 2.75) is 58.4 Å². The van der Waals surface area contributed by atoms with Gasteiger partial charge in [0.2, 0.25) is 12.7 Å². The van der Waals surface area contributed by atoms with Crippen LogP contribution in [-0.4, -0.2) is 18.7 Å². The summed E-state index contributed by atoms with van der Waals surface area (Å²) in [4.78, 5) is 13.2.